The van der Waals surface area contributed by atoms with Gasteiger partial charge in [0.05, 0.1) is 17.9 Å². The van der Waals surface area contributed by atoms with Crippen LogP contribution >= 0.6 is 34.7 Å². The van der Waals surface area contributed by atoms with Gasteiger partial charge in [0.25, 0.3) is 0 Å². The lowest BCUT2D eigenvalue weighted by Gasteiger charge is -2.11. The van der Waals surface area contributed by atoms with Crippen molar-refractivity contribution in [2.75, 3.05) is 18.2 Å². The second-order valence-corrected chi connectivity index (χ2v) is 10.7. The molecule has 204 valence electrons. The number of ether oxygens (including phenoxy) is 2. The van der Waals surface area contributed by atoms with Gasteiger partial charge in [0.15, 0.2) is 11.0 Å². The van der Waals surface area contributed by atoms with E-state index in [1.165, 1.54) is 48.4 Å². The summed E-state index contributed by atoms with van der Waals surface area (Å²) in [7, 11) is 1.32. The number of carbonyl (C=O) groups is 2. The van der Waals surface area contributed by atoms with Crippen LogP contribution in [0.3, 0.4) is 0 Å². The maximum Gasteiger partial charge on any atom is 0.341 e. The van der Waals surface area contributed by atoms with Crippen molar-refractivity contribution in [1.82, 2.24) is 14.8 Å². The van der Waals surface area contributed by atoms with E-state index >= 15 is 0 Å². The van der Waals surface area contributed by atoms with E-state index in [4.69, 9.17) is 21.1 Å². The first kappa shape index (κ1) is 28.6. The fourth-order valence-electron chi connectivity index (χ4n) is 3.84. The number of hydrogen-bond acceptors (Lipinski definition) is 8. The zero-order valence-corrected chi connectivity index (χ0v) is 24.1. The van der Waals surface area contributed by atoms with Gasteiger partial charge in [-0.3, -0.25) is 4.79 Å². The third-order valence-corrected chi connectivity index (χ3v) is 7.97. The van der Waals surface area contributed by atoms with Gasteiger partial charge in [-0.25, -0.2) is 9.18 Å². The first-order valence-electron chi connectivity index (χ1n) is 11.9. The van der Waals surface area contributed by atoms with Crippen LogP contribution in [0.5, 0.6) is 5.75 Å². The summed E-state index contributed by atoms with van der Waals surface area (Å²) < 4.78 is 25.9. The van der Waals surface area contributed by atoms with Gasteiger partial charge in [-0.1, -0.05) is 47.1 Å². The molecule has 0 aliphatic heterocycles. The molecule has 0 saturated carbocycles. The first-order chi connectivity index (χ1) is 18.7. The van der Waals surface area contributed by atoms with Crippen LogP contribution in [0.25, 0.3) is 11.1 Å². The number of methoxy groups -OCH3 is 1. The normalized spacial score (nSPS) is 10.9. The number of rotatable bonds is 10. The zero-order valence-electron chi connectivity index (χ0n) is 21.7. The number of hydrogen-bond donors (Lipinski definition) is 1. The number of aryl methyl sites for hydroxylation is 2. The van der Waals surface area contributed by atoms with E-state index in [-0.39, 0.29) is 23.3 Å². The van der Waals surface area contributed by atoms with Crippen LogP contribution in [0, 0.1) is 19.7 Å². The van der Waals surface area contributed by atoms with Crippen molar-refractivity contribution in [3.8, 4) is 16.9 Å². The Morgan fingerprint density at radius 2 is 1.95 bits per heavy atom. The number of nitrogens with one attached hydrogen (secondary N) is 1. The van der Waals surface area contributed by atoms with Crippen LogP contribution in [0.4, 0.5) is 9.39 Å². The minimum Gasteiger partial charge on any atom is -0.486 e. The Hall–Kier alpha value is -3.41. The zero-order chi connectivity index (χ0) is 28.1. The number of benzene rings is 2. The van der Waals surface area contributed by atoms with Crippen LogP contribution in [0.15, 0.2) is 46.9 Å². The second kappa shape index (κ2) is 12.6. The minimum absolute atomic E-state index is 0.0334. The van der Waals surface area contributed by atoms with Gasteiger partial charge in [0.1, 0.15) is 28.7 Å². The van der Waals surface area contributed by atoms with Crippen LogP contribution in [-0.2, 0) is 22.7 Å². The predicted octanol–water partition coefficient (Wildman–Crippen LogP) is 6.53. The molecule has 0 bridgehead atoms. The summed E-state index contributed by atoms with van der Waals surface area (Å²) >= 11 is 8.30. The molecule has 0 aliphatic carbocycles. The number of thioether (sulfide) groups is 1. The van der Waals surface area contributed by atoms with Crippen molar-refractivity contribution in [2.24, 2.45) is 0 Å². The van der Waals surface area contributed by atoms with Crippen LogP contribution in [0.2, 0.25) is 5.02 Å². The standard InChI is InChI=1S/C27H26ClFN4O4S2/c1-5-33-22(12-37-17-8-9-21(29)20(28)11-17)31-32-27(33)39-14-23(34)30-25-24(26(35)36-4)19(13-38-25)18-10-15(2)6-7-16(18)3/h6-11,13H,5,12,14H2,1-4H3,(H,30,34). The maximum atomic E-state index is 13.4. The predicted molar refractivity (Wildman–Crippen MR) is 151 cm³/mol. The van der Waals surface area contributed by atoms with Gasteiger partial charge in [-0.05, 0) is 44.0 Å². The van der Waals surface area contributed by atoms with E-state index in [0.717, 1.165) is 16.7 Å². The van der Waals surface area contributed by atoms with Crippen molar-refractivity contribution in [3.63, 3.8) is 0 Å². The van der Waals surface area contributed by atoms with Crippen molar-refractivity contribution >= 4 is 51.6 Å². The molecule has 0 unspecified atom stereocenters. The Bertz CT molecular complexity index is 1520. The Morgan fingerprint density at radius 3 is 2.67 bits per heavy atom. The molecule has 2 aromatic carbocycles. The number of anilines is 1. The van der Waals surface area contributed by atoms with Gasteiger partial charge in [0.2, 0.25) is 5.91 Å². The Labute approximate surface area is 238 Å². The fraction of sp³-hybridized carbons (Fsp3) is 0.259. The highest BCUT2D eigenvalue weighted by Crippen LogP contribution is 2.38. The fourth-order valence-corrected chi connectivity index (χ4v) is 5.79. The summed E-state index contributed by atoms with van der Waals surface area (Å²) in [6, 6.07) is 10.1. The first-order valence-corrected chi connectivity index (χ1v) is 14.2. The van der Waals surface area contributed by atoms with Gasteiger partial charge < -0.3 is 19.4 Å². The second-order valence-electron chi connectivity index (χ2n) is 8.51. The molecule has 0 saturated heterocycles. The molecule has 0 aliphatic rings. The Morgan fingerprint density at radius 1 is 1.15 bits per heavy atom. The quantitative estimate of drug-likeness (QED) is 0.166. The molecule has 1 N–H and O–H groups in total. The lowest BCUT2D eigenvalue weighted by molar-refractivity contribution is -0.113. The molecule has 1 amide bonds. The summed E-state index contributed by atoms with van der Waals surface area (Å²) in [4.78, 5) is 25.6. The SMILES string of the molecule is CCn1c(COc2ccc(F)c(Cl)c2)nnc1SCC(=O)Nc1scc(-c2cc(C)ccc2C)c1C(=O)OC. The van der Waals surface area contributed by atoms with Crippen molar-refractivity contribution in [3.05, 3.63) is 75.1 Å². The number of nitrogens with zero attached hydrogens (tertiary/aromatic N) is 3. The largest absolute Gasteiger partial charge is 0.486 e. The molecule has 0 atom stereocenters. The average Bonchev–Trinajstić information content (AvgIpc) is 3.52. The topological polar surface area (TPSA) is 95.3 Å². The highest BCUT2D eigenvalue weighted by molar-refractivity contribution is 7.99. The van der Waals surface area contributed by atoms with Gasteiger partial charge in [0, 0.05) is 23.6 Å². The molecule has 4 aromatic rings. The van der Waals surface area contributed by atoms with Gasteiger partial charge >= 0.3 is 5.97 Å². The molecule has 8 nitrogen and oxygen atoms in total. The summed E-state index contributed by atoms with van der Waals surface area (Å²) in [5.41, 5.74) is 4.03. The summed E-state index contributed by atoms with van der Waals surface area (Å²) in [5.74, 6) is -0.357. The van der Waals surface area contributed by atoms with Crippen LogP contribution in [-0.4, -0.2) is 39.5 Å². The lowest BCUT2D eigenvalue weighted by Crippen LogP contribution is -2.16. The van der Waals surface area contributed by atoms with E-state index in [2.05, 4.69) is 15.5 Å². The smallest absolute Gasteiger partial charge is 0.341 e. The third kappa shape index (κ3) is 6.60. The molecule has 0 spiro atoms. The van der Waals surface area contributed by atoms with Crippen molar-refractivity contribution in [2.45, 2.75) is 39.1 Å². The van der Waals surface area contributed by atoms with E-state index in [1.54, 1.807) is 0 Å². The highest BCUT2D eigenvalue weighted by Gasteiger charge is 2.24. The number of carbonyl (C=O) groups excluding carboxylic acids is 2. The summed E-state index contributed by atoms with van der Waals surface area (Å²) in [6.07, 6.45) is 0. The average molecular weight is 589 g/mol. The van der Waals surface area contributed by atoms with E-state index in [0.29, 0.717) is 39.4 Å². The third-order valence-electron chi connectivity index (χ3n) is 5.82. The van der Waals surface area contributed by atoms with Gasteiger partial charge in [-0.2, -0.15) is 0 Å². The van der Waals surface area contributed by atoms with Gasteiger partial charge in [-0.15, -0.1) is 21.5 Å². The number of esters is 1. The summed E-state index contributed by atoms with van der Waals surface area (Å²) in [6.45, 7) is 6.53. The molecule has 12 heteroatoms. The number of thiophene rings is 1. The molecule has 2 aromatic heterocycles. The van der Waals surface area contributed by atoms with Crippen LogP contribution < -0.4 is 10.1 Å². The molecule has 0 radical (unpaired) electrons. The maximum absolute atomic E-state index is 13.4. The van der Waals surface area contributed by atoms with Crippen molar-refractivity contribution < 1.29 is 23.5 Å². The molecule has 39 heavy (non-hydrogen) atoms. The lowest BCUT2D eigenvalue weighted by atomic mass is 9.97. The molecule has 4 rings (SSSR count). The Kier molecular flexibility index (Phi) is 9.26. The summed E-state index contributed by atoms with van der Waals surface area (Å²) in [5, 5.41) is 14.0. The van der Waals surface area contributed by atoms with Crippen molar-refractivity contribution in [1.29, 1.82) is 0 Å². The van der Waals surface area contributed by atoms with E-state index in [9.17, 15) is 14.0 Å². The molecular formula is C27H26ClFN4O4S2. The minimum atomic E-state index is -0.527. The monoisotopic (exact) mass is 588 g/mol. The van der Waals surface area contributed by atoms with E-state index < -0.39 is 11.8 Å². The number of halogens is 2. The van der Waals surface area contributed by atoms with E-state index in [1.807, 2.05) is 48.9 Å². The highest BCUT2D eigenvalue weighted by atomic mass is 35.5. The molecule has 2 heterocycles. The molecular weight excluding hydrogens is 563 g/mol. The Balaban J connectivity index is 1.45. The molecule has 0 fully saturated rings. The number of aromatic nitrogens is 3. The van der Waals surface area contributed by atoms with Crippen LogP contribution in [0.1, 0.15) is 34.2 Å². The number of amides is 1.